The van der Waals surface area contributed by atoms with Crippen LogP contribution < -0.4 is 11.1 Å². The Morgan fingerprint density at radius 1 is 1.07 bits per heavy atom. The fourth-order valence-electron chi connectivity index (χ4n) is 5.99. The summed E-state index contributed by atoms with van der Waals surface area (Å²) < 4.78 is 0. The number of carbonyl (C=O) groups excluding carboxylic acids is 4. The number of benzene rings is 1. The average molecular weight is 547 g/mol. The van der Waals surface area contributed by atoms with E-state index < -0.39 is 52.0 Å². The van der Waals surface area contributed by atoms with Gasteiger partial charge in [0.1, 0.15) is 22.9 Å². The van der Waals surface area contributed by atoms with Gasteiger partial charge < -0.3 is 31.5 Å². The predicted molar refractivity (Wildman–Crippen MR) is 145 cm³/mol. The second kappa shape index (κ2) is 9.95. The average Bonchev–Trinajstić information content (AvgIpc) is 3.73. The number of allylic oxidation sites excluding steroid dienone is 6. The molecule has 2 amide bonds. The van der Waals surface area contributed by atoms with Gasteiger partial charge in [-0.1, -0.05) is 30.4 Å². The van der Waals surface area contributed by atoms with Crippen LogP contribution in [0, 0.1) is 17.8 Å². The Hall–Kier alpha value is -4.44. The molecule has 0 aliphatic heterocycles. The molecule has 10 nitrogen and oxygen atoms in total. The van der Waals surface area contributed by atoms with Crippen LogP contribution in [0.4, 0.5) is 5.69 Å². The summed E-state index contributed by atoms with van der Waals surface area (Å²) in [6.45, 7) is 3.48. The van der Waals surface area contributed by atoms with Crippen LogP contribution in [0.2, 0.25) is 0 Å². The van der Waals surface area contributed by atoms with Crippen LogP contribution in [0.3, 0.4) is 0 Å². The van der Waals surface area contributed by atoms with E-state index in [1.807, 2.05) is 0 Å². The number of hydrogen-bond donors (Lipinski definition) is 6. The molecule has 0 unspecified atom stereocenters. The molecule has 1 aromatic rings. The lowest BCUT2D eigenvalue weighted by atomic mass is 9.60. The van der Waals surface area contributed by atoms with Crippen LogP contribution in [0.15, 0.2) is 77.0 Å². The summed E-state index contributed by atoms with van der Waals surface area (Å²) in [7, 11) is 0. The minimum absolute atomic E-state index is 0.0258. The van der Waals surface area contributed by atoms with Crippen molar-refractivity contribution in [1.82, 2.24) is 0 Å². The number of nitrogens with two attached hydrogens (primary N) is 1. The first-order valence-electron chi connectivity index (χ1n) is 13.1. The number of primary amides is 1. The molecular formula is C30H30N2O8. The molecule has 4 aliphatic rings. The molecule has 0 bridgehead atoms. The maximum atomic E-state index is 13.4. The minimum atomic E-state index is -2.53. The summed E-state index contributed by atoms with van der Waals surface area (Å²) in [5.41, 5.74) is 4.53. The highest BCUT2D eigenvalue weighted by Crippen LogP contribution is 2.51. The van der Waals surface area contributed by atoms with Crippen molar-refractivity contribution < 1.29 is 39.6 Å². The van der Waals surface area contributed by atoms with Gasteiger partial charge in [-0.25, -0.2) is 0 Å². The van der Waals surface area contributed by atoms with E-state index in [0.29, 0.717) is 22.4 Å². The Bertz CT molecular complexity index is 1480. The summed E-state index contributed by atoms with van der Waals surface area (Å²) in [5.74, 6) is -6.01. The van der Waals surface area contributed by atoms with E-state index >= 15 is 0 Å². The normalized spacial score (nSPS) is 27.8. The number of Topliss-reactive ketones (excluding diaryl/α,β-unsaturated/α-hetero) is 2. The maximum Gasteiger partial charge on any atom is 0.255 e. The van der Waals surface area contributed by atoms with Gasteiger partial charge in [0.2, 0.25) is 11.7 Å². The summed E-state index contributed by atoms with van der Waals surface area (Å²) in [6.07, 6.45) is 4.76. The molecule has 0 heterocycles. The minimum Gasteiger partial charge on any atom is -0.511 e. The van der Waals surface area contributed by atoms with Crippen molar-refractivity contribution in [2.45, 2.75) is 44.1 Å². The number of carbonyl (C=O) groups is 4. The number of hydrogen-bond acceptors (Lipinski definition) is 8. The van der Waals surface area contributed by atoms with Gasteiger partial charge in [0, 0.05) is 35.9 Å². The lowest BCUT2D eigenvalue weighted by molar-refractivity contribution is -0.145. The number of rotatable bonds is 6. The summed E-state index contributed by atoms with van der Waals surface area (Å²) in [4.78, 5) is 50.3. The third-order valence-electron chi connectivity index (χ3n) is 8.13. The molecule has 0 spiro atoms. The zero-order chi connectivity index (χ0) is 28.9. The molecule has 1 aromatic carbocycles. The number of aliphatic hydroxyl groups excluding tert-OH is 3. The van der Waals surface area contributed by atoms with E-state index in [-0.39, 0.29) is 48.8 Å². The smallest absolute Gasteiger partial charge is 0.255 e. The first-order valence-corrected chi connectivity index (χ1v) is 13.1. The topological polar surface area (TPSA) is 187 Å². The van der Waals surface area contributed by atoms with Gasteiger partial charge in [0.25, 0.3) is 5.91 Å². The van der Waals surface area contributed by atoms with Crippen LogP contribution in [-0.4, -0.2) is 49.4 Å². The second-order valence-corrected chi connectivity index (χ2v) is 10.9. The Kier molecular flexibility index (Phi) is 6.75. The van der Waals surface area contributed by atoms with E-state index in [4.69, 9.17) is 5.73 Å². The zero-order valence-corrected chi connectivity index (χ0v) is 21.6. The Balaban J connectivity index is 1.50. The van der Waals surface area contributed by atoms with E-state index in [1.165, 1.54) is 6.08 Å². The number of ketones is 2. The Morgan fingerprint density at radius 2 is 1.75 bits per heavy atom. The van der Waals surface area contributed by atoms with Crippen molar-refractivity contribution in [3.05, 3.63) is 82.6 Å². The molecule has 4 aliphatic carbocycles. The standard InChI is InChI=1S/C30H30N2O8/c1-14(33)2-9-21(15-5-7-20(8-6-15)32-29(39)16-3-4-16)17-10-18-11-19-13-23(35)25(28(31)38)27(37)30(19,40)26(36)24(18)22(34)12-17/h2,5-9,16,18-19,33,35-36,40H,1,3-4,10-13H2,(H2,31,38)(H,32,39)/b9-2-,21-17+/t18-,19-,30-/m0/s1. The fourth-order valence-corrected chi connectivity index (χ4v) is 5.99. The van der Waals surface area contributed by atoms with Crippen molar-refractivity contribution in [2.24, 2.45) is 23.5 Å². The number of anilines is 1. The van der Waals surface area contributed by atoms with Gasteiger partial charge in [0.15, 0.2) is 11.4 Å². The van der Waals surface area contributed by atoms with E-state index in [1.54, 1.807) is 30.3 Å². The highest BCUT2D eigenvalue weighted by atomic mass is 16.3. The third kappa shape index (κ3) is 4.64. The molecule has 7 N–H and O–H groups in total. The monoisotopic (exact) mass is 546 g/mol. The van der Waals surface area contributed by atoms with Gasteiger partial charge in [-0.2, -0.15) is 0 Å². The van der Waals surface area contributed by atoms with E-state index in [9.17, 15) is 39.6 Å². The van der Waals surface area contributed by atoms with Crippen LogP contribution in [0.5, 0.6) is 0 Å². The van der Waals surface area contributed by atoms with Gasteiger partial charge in [-0.05, 0) is 60.9 Å². The molecule has 0 aromatic heterocycles. The molecule has 5 rings (SSSR count). The zero-order valence-electron chi connectivity index (χ0n) is 21.6. The molecule has 2 fully saturated rings. The molecule has 0 saturated heterocycles. The lowest BCUT2D eigenvalue weighted by Crippen LogP contribution is -2.57. The molecule has 208 valence electrons. The van der Waals surface area contributed by atoms with E-state index in [2.05, 4.69) is 11.9 Å². The van der Waals surface area contributed by atoms with Gasteiger partial charge in [0.05, 0.1) is 0 Å². The van der Waals surface area contributed by atoms with Crippen LogP contribution in [-0.2, 0) is 19.2 Å². The second-order valence-electron chi connectivity index (χ2n) is 10.9. The number of fused-ring (bicyclic) bond motifs is 2. The Labute approximate surface area is 229 Å². The van der Waals surface area contributed by atoms with Crippen molar-refractivity contribution in [3.8, 4) is 0 Å². The highest BCUT2D eigenvalue weighted by Gasteiger charge is 2.59. The fraction of sp³-hybridized carbons (Fsp3) is 0.333. The molecule has 40 heavy (non-hydrogen) atoms. The van der Waals surface area contributed by atoms with E-state index in [0.717, 1.165) is 12.8 Å². The highest BCUT2D eigenvalue weighted by molar-refractivity contribution is 6.24. The van der Waals surface area contributed by atoms with Crippen molar-refractivity contribution in [1.29, 1.82) is 0 Å². The van der Waals surface area contributed by atoms with Crippen molar-refractivity contribution >= 4 is 34.6 Å². The van der Waals surface area contributed by atoms with Crippen LogP contribution in [0.1, 0.15) is 44.1 Å². The molecule has 10 heteroatoms. The van der Waals surface area contributed by atoms with Gasteiger partial charge in [-0.3, -0.25) is 19.2 Å². The van der Waals surface area contributed by atoms with Crippen molar-refractivity contribution in [2.75, 3.05) is 5.32 Å². The van der Waals surface area contributed by atoms with Crippen LogP contribution in [0.25, 0.3) is 5.57 Å². The van der Waals surface area contributed by atoms with Crippen LogP contribution >= 0.6 is 0 Å². The molecule has 0 radical (unpaired) electrons. The lowest BCUT2D eigenvalue weighted by Gasteiger charge is -2.45. The summed E-state index contributed by atoms with van der Waals surface area (Å²) in [6, 6.07) is 7.07. The quantitative estimate of drug-likeness (QED) is 0.178. The third-order valence-corrected chi connectivity index (χ3v) is 8.13. The SMILES string of the molecule is C=C(O)/C=C\C(=C1/CC(=O)C2=C(O)[C@]3(O)C(=O)C(C(N)=O)=C(O)C[C@@H]3C[C@@H]2C1)c1ccc(NC(=O)C2CC2)cc1. The number of nitrogens with one attached hydrogen (secondary N) is 1. The van der Waals surface area contributed by atoms with Gasteiger partial charge >= 0.3 is 0 Å². The van der Waals surface area contributed by atoms with Gasteiger partial charge in [-0.15, -0.1) is 0 Å². The number of aliphatic hydroxyl groups is 4. The Morgan fingerprint density at radius 3 is 2.35 bits per heavy atom. The molecule has 2 saturated carbocycles. The first kappa shape index (κ1) is 27.1. The summed E-state index contributed by atoms with van der Waals surface area (Å²) >= 11 is 0. The largest absolute Gasteiger partial charge is 0.511 e. The molecular weight excluding hydrogens is 516 g/mol. The first-order chi connectivity index (χ1) is 18.9. The maximum absolute atomic E-state index is 13.4. The molecule has 3 atom stereocenters. The summed E-state index contributed by atoms with van der Waals surface area (Å²) in [5, 5.41) is 45.3. The predicted octanol–water partition coefficient (Wildman–Crippen LogP) is 3.23. The number of amides is 2. The van der Waals surface area contributed by atoms with Crippen molar-refractivity contribution in [3.63, 3.8) is 0 Å².